The minimum Gasteiger partial charge on any atom is -0.480 e. The van der Waals surface area contributed by atoms with Crippen LogP contribution >= 0.6 is 0 Å². The Bertz CT molecular complexity index is 825. The second-order valence-electron chi connectivity index (χ2n) is 6.58. The fourth-order valence-electron chi connectivity index (χ4n) is 3.26. The molecule has 1 aliphatic heterocycles. The predicted molar refractivity (Wildman–Crippen MR) is 103 cm³/mol. The summed E-state index contributed by atoms with van der Waals surface area (Å²) < 4.78 is 10.7. The summed E-state index contributed by atoms with van der Waals surface area (Å²) >= 11 is 0. The topological polar surface area (TPSA) is 88.1 Å². The Morgan fingerprint density at radius 3 is 2.61 bits per heavy atom. The molecule has 0 spiro atoms. The molecular weight excluding hydrogens is 360 g/mol. The summed E-state index contributed by atoms with van der Waals surface area (Å²) in [5.41, 5.74) is 1.64. The number of hydrogen-bond donors (Lipinski definition) is 2. The third kappa shape index (κ3) is 4.80. The van der Waals surface area contributed by atoms with Crippen molar-refractivity contribution in [3.8, 4) is 11.5 Å². The minimum absolute atomic E-state index is 0.197. The molecule has 2 aromatic rings. The molecule has 1 unspecified atom stereocenters. The van der Waals surface area contributed by atoms with Crippen LogP contribution < -0.4 is 14.8 Å². The molecular formula is C21H24N2O5. The lowest BCUT2D eigenvalue weighted by atomic mass is 10.0. The van der Waals surface area contributed by atoms with E-state index in [1.54, 1.807) is 4.90 Å². The van der Waals surface area contributed by atoms with Crippen molar-refractivity contribution in [1.82, 2.24) is 10.2 Å². The van der Waals surface area contributed by atoms with Crippen LogP contribution in [0.1, 0.15) is 30.5 Å². The zero-order valence-corrected chi connectivity index (χ0v) is 15.8. The van der Waals surface area contributed by atoms with Crippen molar-refractivity contribution >= 4 is 11.9 Å². The van der Waals surface area contributed by atoms with Crippen LogP contribution in [0.5, 0.6) is 11.5 Å². The van der Waals surface area contributed by atoms with Gasteiger partial charge in [-0.3, -0.25) is 14.5 Å². The maximum atomic E-state index is 13.0. The molecule has 1 amide bonds. The van der Waals surface area contributed by atoms with Crippen molar-refractivity contribution in [2.45, 2.75) is 25.9 Å². The Kier molecular flexibility index (Phi) is 6.49. The quantitative estimate of drug-likeness (QED) is 0.691. The summed E-state index contributed by atoms with van der Waals surface area (Å²) in [6.07, 6.45) is 0.742. The van der Waals surface area contributed by atoms with Crippen LogP contribution in [-0.4, -0.2) is 41.8 Å². The van der Waals surface area contributed by atoms with Crippen molar-refractivity contribution in [3.63, 3.8) is 0 Å². The number of rotatable bonds is 9. The van der Waals surface area contributed by atoms with Gasteiger partial charge in [0.05, 0.1) is 6.54 Å². The van der Waals surface area contributed by atoms with Gasteiger partial charge in [0.25, 0.3) is 0 Å². The predicted octanol–water partition coefficient (Wildman–Crippen LogP) is 2.57. The molecule has 1 atom stereocenters. The first-order valence-electron chi connectivity index (χ1n) is 9.25. The van der Waals surface area contributed by atoms with Gasteiger partial charge in [-0.25, -0.2) is 0 Å². The molecule has 2 aromatic carbocycles. The van der Waals surface area contributed by atoms with Gasteiger partial charge in [0.2, 0.25) is 12.7 Å². The van der Waals surface area contributed by atoms with Gasteiger partial charge in [0, 0.05) is 6.54 Å². The van der Waals surface area contributed by atoms with E-state index in [-0.39, 0.29) is 19.2 Å². The first-order valence-corrected chi connectivity index (χ1v) is 9.25. The third-order valence-corrected chi connectivity index (χ3v) is 4.48. The summed E-state index contributed by atoms with van der Waals surface area (Å²) in [6.45, 7) is 2.77. The summed E-state index contributed by atoms with van der Waals surface area (Å²) in [4.78, 5) is 26.1. The highest BCUT2D eigenvalue weighted by Gasteiger charge is 2.28. The van der Waals surface area contributed by atoms with Gasteiger partial charge in [-0.05, 0) is 36.2 Å². The molecule has 2 N–H and O–H groups in total. The van der Waals surface area contributed by atoms with E-state index in [0.29, 0.717) is 24.6 Å². The smallest absolute Gasteiger partial charge is 0.317 e. The molecule has 0 saturated heterocycles. The fraction of sp³-hybridized carbons (Fsp3) is 0.333. The Hall–Kier alpha value is -3.06. The molecule has 0 saturated carbocycles. The number of hydrogen-bond acceptors (Lipinski definition) is 5. The number of carbonyl (C=O) groups is 2. The van der Waals surface area contributed by atoms with Crippen LogP contribution in [0.3, 0.4) is 0 Å². The van der Waals surface area contributed by atoms with E-state index in [2.05, 4.69) is 5.32 Å². The van der Waals surface area contributed by atoms with Gasteiger partial charge >= 0.3 is 5.97 Å². The van der Waals surface area contributed by atoms with E-state index >= 15 is 0 Å². The Morgan fingerprint density at radius 2 is 1.89 bits per heavy atom. The van der Waals surface area contributed by atoms with Crippen molar-refractivity contribution in [2.75, 3.05) is 19.9 Å². The Balaban J connectivity index is 1.76. The lowest BCUT2D eigenvalue weighted by Gasteiger charge is -2.29. The second-order valence-corrected chi connectivity index (χ2v) is 6.58. The maximum Gasteiger partial charge on any atom is 0.317 e. The summed E-state index contributed by atoms with van der Waals surface area (Å²) in [6, 6.07) is 14.1. The average molecular weight is 384 g/mol. The van der Waals surface area contributed by atoms with E-state index in [1.807, 2.05) is 55.5 Å². The summed E-state index contributed by atoms with van der Waals surface area (Å²) in [5.74, 6) is 0.147. The number of fused-ring (bicyclic) bond motifs is 1. The van der Waals surface area contributed by atoms with Crippen LogP contribution in [0.25, 0.3) is 0 Å². The molecule has 0 aromatic heterocycles. The normalized spacial score (nSPS) is 13.4. The number of carbonyl (C=O) groups excluding carboxylic acids is 1. The second kappa shape index (κ2) is 9.23. The van der Waals surface area contributed by atoms with E-state index in [0.717, 1.165) is 17.5 Å². The molecule has 7 nitrogen and oxygen atoms in total. The first-order chi connectivity index (χ1) is 13.6. The van der Waals surface area contributed by atoms with Crippen LogP contribution in [-0.2, 0) is 16.1 Å². The number of nitrogens with one attached hydrogen (secondary N) is 1. The number of carboxylic acid groups (broad SMARTS) is 1. The number of nitrogens with zero attached hydrogens (tertiary/aromatic N) is 1. The first kappa shape index (κ1) is 19.7. The Morgan fingerprint density at radius 1 is 1.14 bits per heavy atom. The monoisotopic (exact) mass is 384 g/mol. The molecule has 1 aliphatic rings. The molecule has 3 rings (SSSR count). The van der Waals surface area contributed by atoms with Gasteiger partial charge in [0.15, 0.2) is 11.5 Å². The number of aliphatic carboxylic acids is 1. The zero-order valence-electron chi connectivity index (χ0n) is 15.8. The highest BCUT2D eigenvalue weighted by molar-refractivity contribution is 5.84. The summed E-state index contributed by atoms with van der Waals surface area (Å²) in [5, 5.41) is 12.2. The molecule has 7 heteroatoms. The molecule has 0 radical (unpaired) electrons. The molecule has 0 bridgehead atoms. The SMILES string of the molecule is CCCN(CC(=O)O)C(C(=O)NCc1ccc2c(c1)OCO2)c1ccccc1. The highest BCUT2D eigenvalue weighted by Crippen LogP contribution is 2.32. The molecule has 28 heavy (non-hydrogen) atoms. The minimum atomic E-state index is -0.960. The number of carboxylic acids is 1. The van der Waals surface area contributed by atoms with E-state index in [1.165, 1.54) is 0 Å². The van der Waals surface area contributed by atoms with Gasteiger partial charge in [-0.1, -0.05) is 43.3 Å². The lowest BCUT2D eigenvalue weighted by Crippen LogP contribution is -2.43. The summed E-state index contributed by atoms with van der Waals surface area (Å²) in [7, 11) is 0. The lowest BCUT2D eigenvalue weighted by molar-refractivity contribution is -0.140. The van der Waals surface area contributed by atoms with E-state index < -0.39 is 12.0 Å². The Labute approximate surface area is 163 Å². The number of amides is 1. The van der Waals surface area contributed by atoms with Gasteiger partial charge in [0.1, 0.15) is 6.04 Å². The van der Waals surface area contributed by atoms with Gasteiger partial charge < -0.3 is 19.9 Å². The third-order valence-electron chi connectivity index (χ3n) is 4.48. The van der Waals surface area contributed by atoms with Crippen LogP contribution in [0.15, 0.2) is 48.5 Å². The largest absolute Gasteiger partial charge is 0.480 e. The number of benzene rings is 2. The highest BCUT2D eigenvalue weighted by atomic mass is 16.7. The fourth-order valence-corrected chi connectivity index (χ4v) is 3.26. The molecule has 0 aliphatic carbocycles. The molecule has 0 fully saturated rings. The van der Waals surface area contributed by atoms with E-state index in [9.17, 15) is 14.7 Å². The maximum absolute atomic E-state index is 13.0. The van der Waals surface area contributed by atoms with Gasteiger partial charge in [-0.2, -0.15) is 0 Å². The zero-order chi connectivity index (χ0) is 19.9. The van der Waals surface area contributed by atoms with E-state index in [4.69, 9.17) is 9.47 Å². The number of ether oxygens (including phenoxy) is 2. The van der Waals surface area contributed by atoms with Crippen molar-refractivity contribution in [2.24, 2.45) is 0 Å². The van der Waals surface area contributed by atoms with Crippen molar-refractivity contribution in [3.05, 3.63) is 59.7 Å². The average Bonchev–Trinajstić information content (AvgIpc) is 3.15. The molecule has 1 heterocycles. The standard InChI is InChI=1S/C21H24N2O5/c1-2-10-23(13-19(24)25)20(16-6-4-3-5-7-16)21(26)22-12-15-8-9-17-18(11-15)28-14-27-17/h3-9,11,20H,2,10,12-14H2,1H3,(H,22,26)(H,24,25). The molecule has 148 valence electrons. The van der Waals surface area contributed by atoms with Crippen molar-refractivity contribution in [1.29, 1.82) is 0 Å². The van der Waals surface area contributed by atoms with Gasteiger partial charge in [-0.15, -0.1) is 0 Å². The van der Waals surface area contributed by atoms with Crippen LogP contribution in [0.2, 0.25) is 0 Å². The van der Waals surface area contributed by atoms with Crippen molar-refractivity contribution < 1.29 is 24.2 Å². The van der Waals surface area contributed by atoms with Crippen LogP contribution in [0, 0.1) is 0 Å². The van der Waals surface area contributed by atoms with Crippen LogP contribution in [0.4, 0.5) is 0 Å².